The van der Waals surface area contributed by atoms with Crippen LogP contribution < -0.4 is 4.90 Å². The standard InChI is InChI=1S/C22H25N5O/c1-15-7-8-19(25-24-15)26-12-9-22(10-13-26)18-6-4-3-5-17(18)20(21(22)28)27-14-11-23-16(27)2/h3-8,11,14,20-21,28H,9-10,12-13H2,1-2H3/t20-,21+/m1/s1. The molecule has 1 aliphatic carbocycles. The molecule has 1 spiro atoms. The highest BCUT2D eigenvalue weighted by atomic mass is 16.3. The van der Waals surface area contributed by atoms with Crippen molar-refractivity contribution < 1.29 is 5.11 Å². The minimum atomic E-state index is -0.468. The average Bonchev–Trinajstić information content (AvgIpc) is 3.23. The summed E-state index contributed by atoms with van der Waals surface area (Å²) in [6.07, 6.45) is 5.12. The Morgan fingerprint density at radius 1 is 1.04 bits per heavy atom. The number of aryl methyl sites for hydroxylation is 2. The van der Waals surface area contributed by atoms with E-state index in [0.717, 1.165) is 43.3 Å². The minimum absolute atomic E-state index is 0.0792. The van der Waals surface area contributed by atoms with Crippen molar-refractivity contribution in [1.29, 1.82) is 0 Å². The first-order chi connectivity index (χ1) is 13.6. The number of aliphatic hydroxyl groups excluding tert-OH is 1. The molecule has 0 radical (unpaired) electrons. The van der Waals surface area contributed by atoms with E-state index in [4.69, 9.17) is 0 Å². The Morgan fingerprint density at radius 3 is 2.50 bits per heavy atom. The topological polar surface area (TPSA) is 67.1 Å². The molecule has 0 saturated carbocycles. The lowest BCUT2D eigenvalue weighted by Crippen LogP contribution is -2.48. The number of fused-ring (bicyclic) bond motifs is 2. The number of aliphatic hydroxyl groups is 1. The summed E-state index contributed by atoms with van der Waals surface area (Å²) in [4.78, 5) is 6.67. The number of aromatic nitrogens is 4. The van der Waals surface area contributed by atoms with Crippen LogP contribution in [-0.2, 0) is 5.41 Å². The molecule has 2 aromatic heterocycles. The third-order valence-corrected chi connectivity index (χ3v) is 6.61. The van der Waals surface area contributed by atoms with Crippen molar-refractivity contribution in [2.45, 2.75) is 44.2 Å². The van der Waals surface area contributed by atoms with Crippen LogP contribution in [0, 0.1) is 13.8 Å². The molecule has 6 heteroatoms. The molecule has 1 saturated heterocycles. The number of nitrogens with zero attached hydrogens (tertiary/aromatic N) is 5. The Hall–Kier alpha value is -2.73. The monoisotopic (exact) mass is 375 g/mol. The van der Waals surface area contributed by atoms with Gasteiger partial charge in [0, 0.05) is 30.9 Å². The predicted octanol–water partition coefficient (Wildman–Crippen LogP) is 2.79. The fraction of sp³-hybridized carbons (Fsp3) is 0.409. The number of hydrogen-bond acceptors (Lipinski definition) is 5. The highest BCUT2D eigenvalue weighted by molar-refractivity contribution is 5.48. The summed E-state index contributed by atoms with van der Waals surface area (Å²) in [5.41, 5.74) is 3.21. The molecule has 6 nitrogen and oxygen atoms in total. The van der Waals surface area contributed by atoms with Gasteiger partial charge in [-0.15, -0.1) is 5.10 Å². The van der Waals surface area contributed by atoms with E-state index in [0.29, 0.717) is 0 Å². The predicted molar refractivity (Wildman–Crippen MR) is 107 cm³/mol. The lowest BCUT2D eigenvalue weighted by Gasteiger charge is -2.43. The van der Waals surface area contributed by atoms with Crippen LogP contribution in [0.1, 0.15) is 41.5 Å². The zero-order valence-electron chi connectivity index (χ0n) is 16.3. The molecule has 1 aromatic carbocycles. The van der Waals surface area contributed by atoms with Crippen LogP contribution >= 0.6 is 0 Å². The second kappa shape index (κ2) is 6.41. The van der Waals surface area contributed by atoms with Crippen molar-refractivity contribution in [1.82, 2.24) is 19.7 Å². The summed E-state index contributed by atoms with van der Waals surface area (Å²) in [6, 6.07) is 12.5. The Bertz CT molecular complexity index is 988. The van der Waals surface area contributed by atoms with Crippen LogP contribution in [0.2, 0.25) is 0 Å². The molecular formula is C22H25N5O. The highest BCUT2D eigenvalue weighted by Gasteiger charge is 2.53. The molecule has 144 valence electrons. The molecule has 1 fully saturated rings. The molecule has 3 aromatic rings. The molecule has 2 atom stereocenters. The zero-order valence-corrected chi connectivity index (χ0v) is 16.3. The highest BCUT2D eigenvalue weighted by Crippen LogP contribution is 2.52. The Labute approximate surface area is 164 Å². The summed E-state index contributed by atoms with van der Waals surface area (Å²) in [6.45, 7) is 5.67. The van der Waals surface area contributed by atoms with E-state index in [1.165, 1.54) is 11.1 Å². The zero-order chi connectivity index (χ0) is 19.3. The van der Waals surface area contributed by atoms with Crippen LogP contribution in [0.4, 0.5) is 5.82 Å². The summed E-state index contributed by atoms with van der Waals surface area (Å²) in [5, 5.41) is 20.1. The summed E-state index contributed by atoms with van der Waals surface area (Å²) in [5.74, 6) is 1.85. The van der Waals surface area contributed by atoms with Crippen molar-refractivity contribution >= 4 is 5.82 Å². The average molecular weight is 375 g/mol. The number of benzene rings is 1. The van der Waals surface area contributed by atoms with Gasteiger partial charge in [0.1, 0.15) is 5.82 Å². The van der Waals surface area contributed by atoms with Crippen molar-refractivity contribution in [3.8, 4) is 0 Å². The van der Waals surface area contributed by atoms with Gasteiger partial charge in [0.25, 0.3) is 0 Å². The van der Waals surface area contributed by atoms with Crippen LogP contribution in [-0.4, -0.2) is 44.0 Å². The van der Waals surface area contributed by atoms with E-state index in [9.17, 15) is 5.11 Å². The summed E-state index contributed by atoms with van der Waals surface area (Å²) >= 11 is 0. The molecule has 0 bridgehead atoms. The summed E-state index contributed by atoms with van der Waals surface area (Å²) < 4.78 is 2.12. The van der Waals surface area contributed by atoms with Gasteiger partial charge in [-0.2, -0.15) is 5.10 Å². The first kappa shape index (κ1) is 17.4. The fourth-order valence-corrected chi connectivity index (χ4v) is 5.08. The fourth-order valence-electron chi connectivity index (χ4n) is 5.08. The van der Waals surface area contributed by atoms with Gasteiger partial charge >= 0.3 is 0 Å². The van der Waals surface area contributed by atoms with Gasteiger partial charge in [-0.05, 0) is 49.9 Å². The minimum Gasteiger partial charge on any atom is -0.390 e. The van der Waals surface area contributed by atoms with Gasteiger partial charge in [-0.1, -0.05) is 24.3 Å². The number of hydrogen-bond donors (Lipinski definition) is 1. The van der Waals surface area contributed by atoms with Gasteiger partial charge in [0.15, 0.2) is 5.82 Å². The van der Waals surface area contributed by atoms with Crippen molar-refractivity contribution in [3.05, 3.63) is 71.4 Å². The van der Waals surface area contributed by atoms with Crippen molar-refractivity contribution in [2.75, 3.05) is 18.0 Å². The van der Waals surface area contributed by atoms with Crippen molar-refractivity contribution in [2.24, 2.45) is 0 Å². The van der Waals surface area contributed by atoms with Crippen LogP contribution in [0.15, 0.2) is 48.8 Å². The summed E-state index contributed by atoms with van der Waals surface area (Å²) in [7, 11) is 0. The smallest absolute Gasteiger partial charge is 0.151 e. The van der Waals surface area contributed by atoms with E-state index in [1.807, 2.05) is 38.4 Å². The maximum Gasteiger partial charge on any atom is 0.151 e. The molecule has 0 amide bonds. The van der Waals surface area contributed by atoms with E-state index in [1.54, 1.807) is 0 Å². The maximum absolute atomic E-state index is 11.6. The lowest BCUT2D eigenvalue weighted by molar-refractivity contribution is 0.0486. The first-order valence-electron chi connectivity index (χ1n) is 9.92. The van der Waals surface area contributed by atoms with Gasteiger partial charge < -0.3 is 14.6 Å². The number of anilines is 1. The van der Waals surface area contributed by atoms with E-state index < -0.39 is 6.10 Å². The maximum atomic E-state index is 11.6. The Balaban J connectivity index is 1.49. The second-order valence-electron chi connectivity index (χ2n) is 8.03. The largest absolute Gasteiger partial charge is 0.390 e. The van der Waals surface area contributed by atoms with Gasteiger partial charge in [0.2, 0.25) is 0 Å². The molecule has 0 unspecified atom stereocenters. The van der Waals surface area contributed by atoms with E-state index in [-0.39, 0.29) is 11.5 Å². The second-order valence-corrected chi connectivity index (χ2v) is 8.03. The molecule has 3 heterocycles. The van der Waals surface area contributed by atoms with Gasteiger partial charge in [-0.3, -0.25) is 0 Å². The van der Waals surface area contributed by atoms with E-state index in [2.05, 4.69) is 48.9 Å². The number of piperidine rings is 1. The molecule has 1 aliphatic heterocycles. The quantitative estimate of drug-likeness (QED) is 0.746. The molecule has 28 heavy (non-hydrogen) atoms. The molecule has 5 rings (SSSR count). The number of imidazole rings is 1. The van der Waals surface area contributed by atoms with Crippen LogP contribution in [0.5, 0.6) is 0 Å². The molecule has 1 N–H and O–H groups in total. The van der Waals surface area contributed by atoms with Gasteiger partial charge in [-0.25, -0.2) is 4.98 Å². The Kier molecular flexibility index (Phi) is 3.98. The third-order valence-electron chi connectivity index (χ3n) is 6.61. The van der Waals surface area contributed by atoms with Crippen LogP contribution in [0.3, 0.4) is 0 Å². The normalized spacial score (nSPS) is 23.2. The SMILES string of the molecule is Cc1ccc(N2CCC3(CC2)c2ccccc2[C@@H](n2ccnc2C)[C@@H]3O)nn1. The van der Waals surface area contributed by atoms with Crippen molar-refractivity contribution in [3.63, 3.8) is 0 Å². The van der Waals surface area contributed by atoms with E-state index >= 15 is 0 Å². The molecular weight excluding hydrogens is 350 g/mol. The van der Waals surface area contributed by atoms with Crippen LogP contribution in [0.25, 0.3) is 0 Å². The first-order valence-corrected chi connectivity index (χ1v) is 9.92. The van der Waals surface area contributed by atoms with Gasteiger partial charge in [0.05, 0.1) is 17.8 Å². The molecule has 2 aliphatic rings. The number of rotatable bonds is 2. The third kappa shape index (κ3) is 2.48. The Morgan fingerprint density at radius 2 is 1.82 bits per heavy atom. The lowest BCUT2D eigenvalue weighted by atomic mass is 9.72.